The fraction of sp³-hybridized carbons (Fsp3) is 0.222. The number of carbonyl (C=O) groups is 2. The van der Waals surface area contributed by atoms with E-state index in [0.717, 1.165) is 11.6 Å². The van der Waals surface area contributed by atoms with Gasteiger partial charge >= 0.3 is 5.97 Å². The van der Waals surface area contributed by atoms with Crippen LogP contribution < -0.4 is 10.1 Å². The molecule has 0 saturated heterocycles. The minimum absolute atomic E-state index is 0.0654. The average Bonchev–Trinajstić information content (AvgIpc) is 2.60. The van der Waals surface area contributed by atoms with E-state index in [1.807, 2.05) is 18.2 Å². The maximum atomic E-state index is 13.4. The molecule has 1 amide bonds. The lowest BCUT2D eigenvalue weighted by Gasteiger charge is -2.10. The fourth-order valence-corrected chi connectivity index (χ4v) is 2.03. The molecule has 5 nitrogen and oxygen atoms in total. The summed E-state index contributed by atoms with van der Waals surface area (Å²) in [5, 5.41) is 2.63. The van der Waals surface area contributed by atoms with Gasteiger partial charge in [0.1, 0.15) is 11.6 Å². The average molecular weight is 331 g/mol. The molecule has 0 radical (unpaired) electrons. The third-order valence-electron chi connectivity index (χ3n) is 3.41. The monoisotopic (exact) mass is 331 g/mol. The molecule has 24 heavy (non-hydrogen) atoms. The lowest BCUT2D eigenvalue weighted by atomic mass is 10.1. The molecular formula is C18H18FNO4. The molecule has 0 aliphatic carbocycles. The Labute approximate surface area is 139 Å². The summed E-state index contributed by atoms with van der Waals surface area (Å²) in [5.74, 6) is -1.04. The summed E-state index contributed by atoms with van der Waals surface area (Å²) in [6.07, 6.45) is 0. The van der Waals surface area contributed by atoms with Gasteiger partial charge in [-0.3, -0.25) is 4.79 Å². The van der Waals surface area contributed by atoms with E-state index >= 15 is 0 Å². The smallest absolute Gasteiger partial charge is 0.338 e. The zero-order valence-corrected chi connectivity index (χ0v) is 13.5. The standard InChI is InChI=1S/C18H18FNO4/c1-12-7-8-13(9-15(12)19)18(22)24-11-17(21)20-10-14-5-3-4-6-16(14)23-2/h3-9H,10-11H2,1-2H3,(H,20,21). The third-order valence-corrected chi connectivity index (χ3v) is 3.41. The highest BCUT2D eigenvalue weighted by molar-refractivity contribution is 5.91. The Morgan fingerprint density at radius 2 is 1.92 bits per heavy atom. The van der Waals surface area contributed by atoms with Crippen LogP contribution in [0.1, 0.15) is 21.5 Å². The van der Waals surface area contributed by atoms with E-state index in [9.17, 15) is 14.0 Å². The Balaban J connectivity index is 1.84. The van der Waals surface area contributed by atoms with E-state index < -0.39 is 24.3 Å². The van der Waals surface area contributed by atoms with Gasteiger partial charge in [-0.15, -0.1) is 0 Å². The molecule has 0 aliphatic heterocycles. The number of rotatable bonds is 6. The van der Waals surface area contributed by atoms with Crippen molar-refractivity contribution in [2.75, 3.05) is 13.7 Å². The Hall–Kier alpha value is -2.89. The van der Waals surface area contributed by atoms with E-state index in [-0.39, 0.29) is 12.1 Å². The summed E-state index contributed by atoms with van der Waals surface area (Å²) in [6.45, 7) is 1.40. The van der Waals surface area contributed by atoms with E-state index in [4.69, 9.17) is 9.47 Å². The van der Waals surface area contributed by atoms with Crippen LogP contribution in [-0.2, 0) is 16.1 Å². The molecule has 2 aromatic carbocycles. The van der Waals surface area contributed by atoms with Gasteiger partial charge in [-0.25, -0.2) is 9.18 Å². The van der Waals surface area contributed by atoms with Crippen molar-refractivity contribution in [1.29, 1.82) is 0 Å². The van der Waals surface area contributed by atoms with Crippen LogP contribution in [0.15, 0.2) is 42.5 Å². The van der Waals surface area contributed by atoms with Gasteiger partial charge in [0.15, 0.2) is 6.61 Å². The molecule has 0 bridgehead atoms. The summed E-state index contributed by atoms with van der Waals surface area (Å²) in [4.78, 5) is 23.6. The van der Waals surface area contributed by atoms with Crippen molar-refractivity contribution >= 4 is 11.9 Å². The summed E-state index contributed by atoms with van der Waals surface area (Å²) in [5.41, 5.74) is 1.30. The van der Waals surface area contributed by atoms with E-state index in [1.54, 1.807) is 20.1 Å². The van der Waals surface area contributed by atoms with Gasteiger partial charge in [-0.05, 0) is 30.7 Å². The highest BCUT2D eigenvalue weighted by atomic mass is 19.1. The van der Waals surface area contributed by atoms with Crippen molar-refractivity contribution in [2.45, 2.75) is 13.5 Å². The first kappa shape index (κ1) is 17.5. The minimum Gasteiger partial charge on any atom is -0.496 e. The summed E-state index contributed by atoms with van der Waals surface area (Å²) >= 11 is 0. The second-order valence-corrected chi connectivity index (χ2v) is 5.13. The van der Waals surface area contributed by atoms with Crippen LogP contribution in [0, 0.1) is 12.7 Å². The number of benzene rings is 2. The van der Waals surface area contributed by atoms with Crippen LogP contribution in [0.25, 0.3) is 0 Å². The number of para-hydroxylation sites is 1. The number of aryl methyl sites for hydroxylation is 1. The Bertz CT molecular complexity index is 746. The number of halogens is 1. The molecule has 0 unspecified atom stereocenters. The van der Waals surface area contributed by atoms with Gasteiger partial charge in [0, 0.05) is 12.1 Å². The predicted octanol–water partition coefficient (Wildman–Crippen LogP) is 2.62. The number of carbonyl (C=O) groups excluding carboxylic acids is 2. The van der Waals surface area contributed by atoms with Crippen molar-refractivity contribution in [3.8, 4) is 5.75 Å². The molecule has 2 aromatic rings. The molecule has 2 rings (SSSR count). The minimum atomic E-state index is -0.749. The molecule has 0 aromatic heterocycles. The number of hydrogen-bond donors (Lipinski definition) is 1. The normalized spacial score (nSPS) is 10.1. The van der Waals surface area contributed by atoms with Crippen LogP contribution in [-0.4, -0.2) is 25.6 Å². The first-order chi connectivity index (χ1) is 11.5. The van der Waals surface area contributed by atoms with Crippen LogP contribution in [0.2, 0.25) is 0 Å². The first-order valence-corrected chi connectivity index (χ1v) is 7.33. The Morgan fingerprint density at radius 1 is 1.17 bits per heavy atom. The summed E-state index contributed by atoms with van der Waals surface area (Å²) < 4.78 is 23.5. The zero-order valence-electron chi connectivity index (χ0n) is 13.5. The molecule has 0 spiro atoms. The molecule has 0 heterocycles. The van der Waals surface area contributed by atoms with E-state index in [0.29, 0.717) is 11.3 Å². The zero-order chi connectivity index (χ0) is 17.5. The fourth-order valence-electron chi connectivity index (χ4n) is 2.03. The van der Waals surface area contributed by atoms with Crippen LogP contribution in [0.3, 0.4) is 0 Å². The predicted molar refractivity (Wildman–Crippen MR) is 86.3 cm³/mol. The van der Waals surface area contributed by atoms with E-state index in [1.165, 1.54) is 12.1 Å². The Morgan fingerprint density at radius 3 is 2.62 bits per heavy atom. The van der Waals surface area contributed by atoms with Gasteiger partial charge in [0.25, 0.3) is 5.91 Å². The van der Waals surface area contributed by atoms with Crippen LogP contribution in [0.4, 0.5) is 4.39 Å². The van der Waals surface area contributed by atoms with Crippen molar-refractivity contribution in [3.63, 3.8) is 0 Å². The largest absolute Gasteiger partial charge is 0.496 e. The second-order valence-electron chi connectivity index (χ2n) is 5.13. The molecule has 1 N–H and O–H groups in total. The topological polar surface area (TPSA) is 64.6 Å². The quantitative estimate of drug-likeness (QED) is 0.827. The molecule has 126 valence electrons. The number of ether oxygens (including phenoxy) is 2. The number of nitrogens with one attached hydrogen (secondary N) is 1. The highest BCUT2D eigenvalue weighted by Gasteiger charge is 2.12. The second kappa shape index (κ2) is 8.10. The summed E-state index contributed by atoms with van der Waals surface area (Å²) in [6, 6.07) is 11.3. The van der Waals surface area contributed by atoms with Crippen molar-refractivity contribution in [3.05, 3.63) is 65.0 Å². The molecular weight excluding hydrogens is 313 g/mol. The summed E-state index contributed by atoms with van der Waals surface area (Å²) in [7, 11) is 1.54. The molecule has 0 fully saturated rings. The van der Waals surface area contributed by atoms with Crippen molar-refractivity contribution < 1.29 is 23.5 Å². The SMILES string of the molecule is COc1ccccc1CNC(=O)COC(=O)c1ccc(C)c(F)c1. The number of amides is 1. The number of hydrogen-bond acceptors (Lipinski definition) is 4. The van der Waals surface area contributed by atoms with Crippen LogP contribution in [0.5, 0.6) is 5.75 Å². The van der Waals surface area contributed by atoms with Gasteiger partial charge in [-0.1, -0.05) is 24.3 Å². The molecule has 0 atom stereocenters. The third kappa shape index (κ3) is 4.55. The van der Waals surface area contributed by atoms with Crippen LogP contribution >= 0.6 is 0 Å². The molecule has 6 heteroatoms. The maximum Gasteiger partial charge on any atom is 0.338 e. The lowest BCUT2D eigenvalue weighted by Crippen LogP contribution is -2.28. The highest BCUT2D eigenvalue weighted by Crippen LogP contribution is 2.16. The lowest BCUT2D eigenvalue weighted by molar-refractivity contribution is -0.124. The van der Waals surface area contributed by atoms with Gasteiger partial charge in [0.2, 0.25) is 0 Å². The van der Waals surface area contributed by atoms with Gasteiger partial charge in [-0.2, -0.15) is 0 Å². The van der Waals surface area contributed by atoms with E-state index in [2.05, 4.69) is 5.32 Å². The first-order valence-electron chi connectivity index (χ1n) is 7.33. The van der Waals surface area contributed by atoms with Gasteiger partial charge < -0.3 is 14.8 Å². The number of methoxy groups -OCH3 is 1. The van der Waals surface area contributed by atoms with Crippen molar-refractivity contribution in [2.24, 2.45) is 0 Å². The van der Waals surface area contributed by atoms with Crippen molar-refractivity contribution in [1.82, 2.24) is 5.32 Å². The Kier molecular flexibility index (Phi) is 5.89. The molecule has 0 aliphatic rings. The number of esters is 1. The molecule has 0 saturated carbocycles. The van der Waals surface area contributed by atoms with Gasteiger partial charge in [0.05, 0.1) is 12.7 Å². The maximum absolute atomic E-state index is 13.4.